The molecule has 0 unspecified atom stereocenters. The molecule has 8 heteroatoms. The molecule has 3 nitrogen and oxygen atoms in total. The summed E-state index contributed by atoms with van der Waals surface area (Å²) in [5.41, 5.74) is 1.02. The predicted octanol–water partition coefficient (Wildman–Crippen LogP) is 4.62. The van der Waals surface area contributed by atoms with E-state index in [1.165, 1.54) is 24.3 Å². The Bertz CT molecular complexity index is 756. The SMILES string of the molecule is FC(F)Oc1ccc(CN2CCN(Cc3cccc(C(F)(F)F)c3)CC2)cc1. The average Bonchev–Trinajstić information content (AvgIpc) is 2.64. The minimum absolute atomic E-state index is 0.129. The minimum Gasteiger partial charge on any atom is -0.435 e. The lowest BCUT2D eigenvalue weighted by molar-refractivity contribution is -0.137. The van der Waals surface area contributed by atoms with E-state index in [0.29, 0.717) is 18.7 Å². The zero-order chi connectivity index (χ0) is 20.1. The first-order chi connectivity index (χ1) is 13.3. The summed E-state index contributed by atoms with van der Waals surface area (Å²) < 4.78 is 67.2. The molecule has 1 fully saturated rings. The smallest absolute Gasteiger partial charge is 0.416 e. The zero-order valence-electron chi connectivity index (χ0n) is 15.1. The molecule has 0 atom stereocenters. The number of hydrogen-bond acceptors (Lipinski definition) is 3. The molecule has 1 heterocycles. The topological polar surface area (TPSA) is 15.7 Å². The molecule has 1 saturated heterocycles. The average molecular weight is 400 g/mol. The van der Waals surface area contributed by atoms with Gasteiger partial charge in [-0.1, -0.05) is 30.3 Å². The van der Waals surface area contributed by atoms with Crippen molar-refractivity contribution in [3.63, 3.8) is 0 Å². The van der Waals surface area contributed by atoms with Gasteiger partial charge in [0, 0.05) is 39.3 Å². The Balaban J connectivity index is 1.48. The van der Waals surface area contributed by atoms with Gasteiger partial charge < -0.3 is 4.74 Å². The Kier molecular flexibility index (Phi) is 6.51. The Hall–Kier alpha value is -2.19. The second kappa shape index (κ2) is 8.87. The molecule has 0 aliphatic carbocycles. The third-order valence-corrected chi connectivity index (χ3v) is 4.68. The highest BCUT2D eigenvalue weighted by Gasteiger charge is 2.30. The summed E-state index contributed by atoms with van der Waals surface area (Å²) in [6, 6.07) is 12.0. The van der Waals surface area contributed by atoms with Crippen LogP contribution in [0.1, 0.15) is 16.7 Å². The van der Waals surface area contributed by atoms with Gasteiger partial charge in [0.15, 0.2) is 0 Å². The van der Waals surface area contributed by atoms with Crippen molar-refractivity contribution < 1.29 is 26.7 Å². The molecule has 3 rings (SSSR count). The number of ether oxygens (including phenoxy) is 1. The summed E-state index contributed by atoms with van der Waals surface area (Å²) in [7, 11) is 0. The Labute approximate surface area is 160 Å². The van der Waals surface area contributed by atoms with Gasteiger partial charge in [-0.25, -0.2) is 0 Å². The maximum absolute atomic E-state index is 12.8. The number of hydrogen-bond donors (Lipinski definition) is 0. The third-order valence-electron chi connectivity index (χ3n) is 4.68. The van der Waals surface area contributed by atoms with Gasteiger partial charge in [-0.3, -0.25) is 9.80 Å². The second-order valence-corrected chi connectivity index (χ2v) is 6.77. The molecule has 0 N–H and O–H groups in total. The lowest BCUT2D eigenvalue weighted by Crippen LogP contribution is -2.45. The third kappa shape index (κ3) is 5.90. The lowest BCUT2D eigenvalue weighted by Gasteiger charge is -2.34. The summed E-state index contributed by atoms with van der Waals surface area (Å²) in [5, 5.41) is 0. The van der Waals surface area contributed by atoms with Gasteiger partial charge in [0.05, 0.1) is 5.56 Å². The van der Waals surface area contributed by atoms with Crippen LogP contribution in [0.2, 0.25) is 0 Å². The van der Waals surface area contributed by atoms with Crippen LogP contribution in [0.25, 0.3) is 0 Å². The van der Waals surface area contributed by atoms with E-state index in [1.807, 2.05) is 0 Å². The Morgan fingerprint density at radius 2 is 1.39 bits per heavy atom. The largest absolute Gasteiger partial charge is 0.435 e. The molecule has 0 bridgehead atoms. The van der Waals surface area contributed by atoms with Crippen molar-refractivity contribution >= 4 is 0 Å². The van der Waals surface area contributed by atoms with E-state index < -0.39 is 18.4 Å². The highest BCUT2D eigenvalue weighted by Crippen LogP contribution is 2.29. The van der Waals surface area contributed by atoms with Crippen molar-refractivity contribution in [2.45, 2.75) is 25.9 Å². The van der Waals surface area contributed by atoms with Crippen LogP contribution < -0.4 is 4.74 Å². The molecular weight excluding hydrogens is 379 g/mol. The fourth-order valence-corrected chi connectivity index (χ4v) is 3.24. The van der Waals surface area contributed by atoms with Crippen LogP contribution in [0.4, 0.5) is 22.0 Å². The lowest BCUT2D eigenvalue weighted by atomic mass is 10.1. The van der Waals surface area contributed by atoms with E-state index in [0.717, 1.165) is 37.8 Å². The molecule has 0 amide bonds. The molecule has 28 heavy (non-hydrogen) atoms. The fraction of sp³-hybridized carbons (Fsp3) is 0.400. The number of benzene rings is 2. The van der Waals surface area contributed by atoms with E-state index in [4.69, 9.17) is 0 Å². The van der Waals surface area contributed by atoms with E-state index in [-0.39, 0.29) is 5.75 Å². The summed E-state index contributed by atoms with van der Waals surface area (Å²) in [6.45, 7) is 1.41. The van der Waals surface area contributed by atoms with Crippen molar-refractivity contribution in [3.05, 3.63) is 65.2 Å². The molecule has 0 saturated carbocycles. The maximum Gasteiger partial charge on any atom is 0.416 e. The van der Waals surface area contributed by atoms with E-state index in [2.05, 4.69) is 14.5 Å². The monoisotopic (exact) mass is 400 g/mol. The van der Waals surface area contributed by atoms with Gasteiger partial charge in [-0.15, -0.1) is 0 Å². The van der Waals surface area contributed by atoms with Crippen LogP contribution in [0.3, 0.4) is 0 Å². The first-order valence-corrected chi connectivity index (χ1v) is 8.94. The first kappa shape index (κ1) is 20.5. The molecule has 0 spiro atoms. The van der Waals surface area contributed by atoms with Gasteiger partial charge in [0.2, 0.25) is 0 Å². The first-order valence-electron chi connectivity index (χ1n) is 8.94. The summed E-state index contributed by atoms with van der Waals surface area (Å²) >= 11 is 0. The van der Waals surface area contributed by atoms with Gasteiger partial charge in [0.1, 0.15) is 5.75 Å². The van der Waals surface area contributed by atoms with Gasteiger partial charge in [-0.05, 0) is 29.3 Å². The standard InChI is InChI=1S/C20H21F5N2O/c21-19(22)28-18-6-4-15(5-7-18)13-26-8-10-27(11-9-26)14-16-2-1-3-17(12-16)20(23,24)25/h1-7,12,19H,8-11,13-14H2. The second-order valence-electron chi connectivity index (χ2n) is 6.77. The predicted molar refractivity (Wildman–Crippen MR) is 95.1 cm³/mol. The van der Waals surface area contributed by atoms with E-state index in [1.54, 1.807) is 18.2 Å². The Morgan fingerprint density at radius 1 is 0.821 bits per heavy atom. The van der Waals surface area contributed by atoms with Crippen molar-refractivity contribution in [2.24, 2.45) is 0 Å². The van der Waals surface area contributed by atoms with Crippen LogP contribution in [0.15, 0.2) is 48.5 Å². The van der Waals surface area contributed by atoms with Gasteiger partial charge in [0.25, 0.3) is 0 Å². The number of piperazine rings is 1. The van der Waals surface area contributed by atoms with Crippen LogP contribution in [-0.4, -0.2) is 42.6 Å². The number of rotatable bonds is 6. The summed E-state index contributed by atoms with van der Waals surface area (Å²) in [6.07, 6.45) is -4.33. The number of halogens is 5. The molecule has 1 aliphatic heterocycles. The maximum atomic E-state index is 12.8. The minimum atomic E-state index is -4.33. The highest BCUT2D eigenvalue weighted by atomic mass is 19.4. The molecule has 2 aromatic carbocycles. The van der Waals surface area contributed by atoms with E-state index in [9.17, 15) is 22.0 Å². The van der Waals surface area contributed by atoms with Crippen molar-refractivity contribution in [1.29, 1.82) is 0 Å². The molecule has 152 valence electrons. The van der Waals surface area contributed by atoms with Crippen molar-refractivity contribution in [3.8, 4) is 5.75 Å². The molecule has 0 aromatic heterocycles. The fourth-order valence-electron chi connectivity index (χ4n) is 3.24. The van der Waals surface area contributed by atoms with Gasteiger partial charge >= 0.3 is 12.8 Å². The summed E-state index contributed by atoms with van der Waals surface area (Å²) in [5.74, 6) is 0.129. The molecule has 0 radical (unpaired) electrons. The number of nitrogens with zero attached hydrogens (tertiary/aromatic N) is 2. The van der Waals surface area contributed by atoms with Crippen molar-refractivity contribution in [2.75, 3.05) is 26.2 Å². The normalized spacial score (nSPS) is 16.5. The molecular formula is C20H21F5N2O. The van der Waals surface area contributed by atoms with Gasteiger partial charge in [-0.2, -0.15) is 22.0 Å². The van der Waals surface area contributed by atoms with Crippen LogP contribution in [-0.2, 0) is 19.3 Å². The summed E-state index contributed by atoms with van der Waals surface area (Å²) in [4.78, 5) is 4.36. The zero-order valence-corrected chi connectivity index (χ0v) is 15.1. The van der Waals surface area contributed by atoms with Crippen molar-refractivity contribution in [1.82, 2.24) is 9.80 Å². The van der Waals surface area contributed by atoms with Crippen LogP contribution in [0.5, 0.6) is 5.75 Å². The molecule has 1 aliphatic rings. The van der Waals surface area contributed by atoms with E-state index >= 15 is 0 Å². The quantitative estimate of drug-likeness (QED) is 0.658. The number of alkyl halides is 5. The Morgan fingerprint density at radius 3 is 1.93 bits per heavy atom. The van der Waals surface area contributed by atoms with Crippen LogP contribution in [0, 0.1) is 0 Å². The van der Waals surface area contributed by atoms with Crippen LogP contribution >= 0.6 is 0 Å². The highest BCUT2D eigenvalue weighted by molar-refractivity contribution is 5.27. The molecule has 2 aromatic rings.